The van der Waals surface area contributed by atoms with E-state index in [0.29, 0.717) is 18.4 Å². The maximum absolute atomic E-state index is 13.2. The van der Waals surface area contributed by atoms with Gasteiger partial charge in [0.25, 0.3) is 0 Å². The van der Waals surface area contributed by atoms with Crippen LogP contribution in [0.3, 0.4) is 0 Å². The van der Waals surface area contributed by atoms with Crippen molar-refractivity contribution in [2.24, 2.45) is 11.8 Å². The van der Waals surface area contributed by atoms with Gasteiger partial charge in [-0.1, -0.05) is 39.2 Å². The van der Waals surface area contributed by atoms with E-state index in [1.165, 1.54) is 19.3 Å². The summed E-state index contributed by atoms with van der Waals surface area (Å²) in [5.41, 5.74) is 1.76. The lowest BCUT2D eigenvalue weighted by Gasteiger charge is -2.32. The van der Waals surface area contributed by atoms with Crippen LogP contribution in [0.25, 0.3) is 6.08 Å². The van der Waals surface area contributed by atoms with Crippen LogP contribution in [0.1, 0.15) is 70.9 Å². The molecular formula is C24H35NO3. The molecule has 1 saturated carbocycles. The zero-order valence-corrected chi connectivity index (χ0v) is 18.1. The topological polar surface area (TPSA) is 38.8 Å². The summed E-state index contributed by atoms with van der Waals surface area (Å²) in [5.74, 6) is 2.47. The van der Waals surface area contributed by atoms with E-state index in [4.69, 9.17) is 9.47 Å². The molecule has 1 aliphatic carbocycles. The molecule has 1 amide bonds. The van der Waals surface area contributed by atoms with Gasteiger partial charge in [-0.15, -0.1) is 0 Å². The molecule has 4 nitrogen and oxygen atoms in total. The van der Waals surface area contributed by atoms with Crippen LogP contribution in [0.15, 0.2) is 18.2 Å². The van der Waals surface area contributed by atoms with Gasteiger partial charge in [-0.05, 0) is 56.4 Å². The minimum Gasteiger partial charge on any atom is -0.493 e. The summed E-state index contributed by atoms with van der Waals surface area (Å²) in [6.07, 6.45) is 9.85. The number of methoxy groups -OCH3 is 1. The quantitative estimate of drug-likeness (QED) is 0.654. The first kappa shape index (κ1) is 20.8. The van der Waals surface area contributed by atoms with Crippen LogP contribution in [0.5, 0.6) is 11.5 Å². The van der Waals surface area contributed by atoms with E-state index in [-0.39, 0.29) is 11.5 Å². The molecule has 0 spiro atoms. The first-order chi connectivity index (χ1) is 13.3. The van der Waals surface area contributed by atoms with Crippen molar-refractivity contribution in [3.05, 3.63) is 29.3 Å². The molecule has 28 heavy (non-hydrogen) atoms. The summed E-state index contributed by atoms with van der Waals surface area (Å²) in [5, 5.41) is 0. The number of benzene rings is 1. The Labute approximate surface area is 169 Å². The second-order valence-corrected chi connectivity index (χ2v) is 9.20. The molecule has 1 aliphatic heterocycles. The smallest absolute Gasteiger partial charge is 0.225 e. The van der Waals surface area contributed by atoms with Crippen molar-refractivity contribution in [1.82, 2.24) is 4.90 Å². The van der Waals surface area contributed by atoms with Crippen molar-refractivity contribution in [3.63, 3.8) is 0 Å². The average molecular weight is 386 g/mol. The minimum atomic E-state index is -0.345. The summed E-state index contributed by atoms with van der Waals surface area (Å²) in [4.78, 5) is 15.3. The monoisotopic (exact) mass is 385 g/mol. The fourth-order valence-electron chi connectivity index (χ4n) is 4.25. The lowest BCUT2D eigenvalue weighted by atomic mass is 9.88. The second-order valence-electron chi connectivity index (χ2n) is 9.20. The predicted octanol–water partition coefficient (Wildman–Crippen LogP) is 5.44. The van der Waals surface area contributed by atoms with Gasteiger partial charge in [0.1, 0.15) is 5.60 Å². The zero-order valence-electron chi connectivity index (χ0n) is 18.1. The molecule has 0 bridgehead atoms. The van der Waals surface area contributed by atoms with E-state index >= 15 is 0 Å². The Morgan fingerprint density at radius 1 is 1.25 bits per heavy atom. The SMILES string of the molecule is COc1cc(CN(CC(C)C)C(=O)C2CCCCC2)cc2c1OC(C)(C)C=C2. The lowest BCUT2D eigenvalue weighted by molar-refractivity contribution is -0.137. The molecule has 3 rings (SSSR count). The fraction of sp³-hybridized carbons (Fsp3) is 0.625. The van der Waals surface area contributed by atoms with Crippen LogP contribution in [-0.4, -0.2) is 30.1 Å². The van der Waals surface area contributed by atoms with Crippen LogP contribution in [0.4, 0.5) is 0 Å². The molecule has 0 radical (unpaired) electrons. The maximum Gasteiger partial charge on any atom is 0.225 e. The third-order valence-electron chi connectivity index (χ3n) is 5.62. The molecule has 0 saturated heterocycles. The molecule has 1 aromatic rings. The van der Waals surface area contributed by atoms with Gasteiger partial charge in [0.15, 0.2) is 11.5 Å². The Morgan fingerprint density at radius 3 is 2.61 bits per heavy atom. The largest absolute Gasteiger partial charge is 0.493 e. The van der Waals surface area contributed by atoms with Crippen molar-refractivity contribution < 1.29 is 14.3 Å². The molecule has 1 aromatic carbocycles. The van der Waals surface area contributed by atoms with Crippen molar-refractivity contribution >= 4 is 12.0 Å². The van der Waals surface area contributed by atoms with Crippen molar-refractivity contribution in [2.45, 2.75) is 71.9 Å². The van der Waals surface area contributed by atoms with E-state index in [2.05, 4.69) is 37.0 Å². The van der Waals surface area contributed by atoms with Crippen LogP contribution in [0.2, 0.25) is 0 Å². The van der Waals surface area contributed by atoms with Crippen LogP contribution in [-0.2, 0) is 11.3 Å². The Balaban J connectivity index is 1.85. The molecule has 0 N–H and O–H groups in total. The summed E-state index contributed by atoms with van der Waals surface area (Å²) >= 11 is 0. The highest BCUT2D eigenvalue weighted by Crippen LogP contribution is 2.40. The molecule has 0 aromatic heterocycles. The number of carbonyl (C=O) groups excluding carboxylic acids is 1. The molecule has 4 heteroatoms. The maximum atomic E-state index is 13.2. The van der Waals surface area contributed by atoms with E-state index < -0.39 is 0 Å². The lowest BCUT2D eigenvalue weighted by Crippen LogP contribution is -2.38. The first-order valence-corrected chi connectivity index (χ1v) is 10.7. The molecule has 1 heterocycles. The van der Waals surface area contributed by atoms with Gasteiger partial charge >= 0.3 is 0 Å². The van der Waals surface area contributed by atoms with Crippen molar-refractivity contribution in [3.8, 4) is 11.5 Å². The van der Waals surface area contributed by atoms with Gasteiger partial charge in [-0.3, -0.25) is 4.79 Å². The summed E-state index contributed by atoms with van der Waals surface area (Å²) in [7, 11) is 1.67. The summed E-state index contributed by atoms with van der Waals surface area (Å²) in [6.45, 7) is 9.82. The van der Waals surface area contributed by atoms with E-state index in [1.807, 2.05) is 19.9 Å². The highest BCUT2D eigenvalue weighted by molar-refractivity contribution is 5.79. The number of ether oxygens (including phenoxy) is 2. The second kappa shape index (κ2) is 8.59. The number of carbonyl (C=O) groups is 1. The molecule has 154 valence electrons. The fourth-order valence-corrected chi connectivity index (χ4v) is 4.25. The number of fused-ring (bicyclic) bond motifs is 1. The molecule has 0 atom stereocenters. The summed E-state index contributed by atoms with van der Waals surface area (Å²) < 4.78 is 11.7. The minimum absolute atomic E-state index is 0.191. The van der Waals surface area contributed by atoms with Gasteiger partial charge < -0.3 is 14.4 Å². The molecule has 2 aliphatic rings. The molecular weight excluding hydrogens is 350 g/mol. The van der Waals surface area contributed by atoms with E-state index in [9.17, 15) is 4.79 Å². The first-order valence-electron chi connectivity index (χ1n) is 10.7. The number of rotatable bonds is 6. The number of hydrogen-bond acceptors (Lipinski definition) is 3. The van der Waals surface area contributed by atoms with E-state index in [0.717, 1.165) is 42.0 Å². The van der Waals surface area contributed by atoms with Gasteiger partial charge in [-0.2, -0.15) is 0 Å². The predicted molar refractivity (Wildman–Crippen MR) is 114 cm³/mol. The third kappa shape index (κ3) is 4.89. The van der Waals surface area contributed by atoms with Crippen LogP contribution >= 0.6 is 0 Å². The Bertz CT molecular complexity index is 730. The highest BCUT2D eigenvalue weighted by Gasteiger charge is 2.28. The Morgan fingerprint density at radius 2 is 1.96 bits per heavy atom. The normalized spacial score (nSPS) is 18.5. The van der Waals surface area contributed by atoms with Crippen molar-refractivity contribution in [2.75, 3.05) is 13.7 Å². The van der Waals surface area contributed by atoms with Crippen molar-refractivity contribution in [1.29, 1.82) is 0 Å². The Hall–Kier alpha value is -1.97. The third-order valence-corrected chi connectivity index (χ3v) is 5.62. The molecule has 0 unspecified atom stereocenters. The summed E-state index contributed by atoms with van der Waals surface area (Å²) in [6, 6.07) is 4.15. The standard InChI is InChI=1S/C24H35NO3/c1-17(2)15-25(23(26)19-9-7-6-8-10-19)16-18-13-20-11-12-24(3,4)28-22(20)21(14-18)27-5/h11-14,17,19H,6-10,15-16H2,1-5H3. The van der Waals surface area contributed by atoms with Gasteiger partial charge in [0, 0.05) is 24.6 Å². The number of amides is 1. The number of nitrogens with zero attached hydrogens (tertiary/aromatic N) is 1. The van der Waals surface area contributed by atoms with Gasteiger partial charge in [0.05, 0.1) is 7.11 Å². The van der Waals surface area contributed by atoms with Gasteiger partial charge in [-0.25, -0.2) is 0 Å². The van der Waals surface area contributed by atoms with Crippen LogP contribution < -0.4 is 9.47 Å². The number of hydrogen-bond donors (Lipinski definition) is 0. The van der Waals surface area contributed by atoms with E-state index in [1.54, 1.807) is 7.11 Å². The van der Waals surface area contributed by atoms with Crippen LogP contribution in [0, 0.1) is 11.8 Å². The van der Waals surface area contributed by atoms with Gasteiger partial charge in [0.2, 0.25) is 5.91 Å². The highest BCUT2D eigenvalue weighted by atomic mass is 16.5. The average Bonchev–Trinajstić information content (AvgIpc) is 2.66. The Kier molecular flexibility index (Phi) is 6.36. The molecule has 1 fully saturated rings. The zero-order chi connectivity index (χ0) is 20.3.